The van der Waals surface area contributed by atoms with E-state index in [1.54, 1.807) is 11.3 Å². The maximum atomic E-state index is 12.2. The van der Waals surface area contributed by atoms with Crippen LogP contribution >= 0.6 is 23.1 Å². The average Bonchev–Trinajstić information content (AvgIpc) is 3.29. The van der Waals surface area contributed by atoms with Crippen molar-refractivity contribution >= 4 is 40.4 Å². The lowest BCUT2D eigenvalue weighted by molar-refractivity contribution is -0.384. The van der Waals surface area contributed by atoms with Crippen LogP contribution in [0.3, 0.4) is 0 Å². The minimum Gasteiger partial charge on any atom is -0.494 e. The number of non-ortho nitro benzene ring substituents is 1. The standard InChI is InChI=1S/C16H15N5O4S2/c1-20-15(13-4-3-7-26-13)18-19-16(20)27-9-14(22)17-11-6-5-10(21(23)24)8-12(11)25-2/h3-8H,9H2,1-2H3,(H,17,22). The van der Waals surface area contributed by atoms with Gasteiger partial charge in [0.15, 0.2) is 11.0 Å². The molecular weight excluding hydrogens is 390 g/mol. The first-order valence-corrected chi connectivity index (χ1v) is 9.54. The molecule has 9 nitrogen and oxygen atoms in total. The second kappa shape index (κ2) is 8.18. The van der Waals surface area contributed by atoms with Crippen LogP contribution in [0.4, 0.5) is 11.4 Å². The largest absolute Gasteiger partial charge is 0.494 e. The summed E-state index contributed by atoms with van der Waals surface area (Å²) in [6.07, 6.45) is 0. The summed E-state index contributed by atoms with van der Waals surface area (Å²) in [6.45, 7) is 0. The molecule has 1 N–H and O–H groups in total. The zero-order valence-electron chi connectivity index (χ0n) is 14.4. The van der Waals surface area contributed by atoms with Crippen molar-refractivity contribution in [2.75, 3.05) is 18.2 Å². The van der Waals surface area contributed by atoms with Gasteiger partial charge in [0.25, 0.3) is 5.69 Å². The molecule has 0 radical (unpaired) electrons. The summed E-state index contributed by atoms with van der Waals surface area (Å²) < 4.78 is 6.94. The summed E-state index contributed by atoms with van der Waals surface area (Å²) in [7, 11) is 3.23. The van der Waals surface area contributed by atoms with E-state index >= 15 is 0 Å². The van der Waals surface area contributed by atoms with Gasteiger partial charge in [-0.15, -0.1) is 21.5 Å². The van der Waals surface area contributed by atoms with Gasteiger partial charge in [-0.2, -0.15) is 0 Å². The third-order valence-corrected chi connectivity index (χ3v) is 5.46. The molecule has 0 saturated carbocycles. The fraction of sp³-hybridized carbons (Fsp3) is 0.188. The van der Waals surface area contributed by atoms with Gasteiger partial charge in [-0.25, -0.2) is 0 Å². The number of thioether (sulfide) groups is 1. The van der Waals surface area contributed by atoms with Gasteiger partial charge in [0.05, 0.1) is 34.4 Å². The second-order valence-electron chi connectivity index (χ2n) is 5.32. The number of ether oxygens (including phenoxy) is 1. The van der Waals surface area contributed by atoms with E-state index in [-0.39, 0.29) is 23.1 Å². The Labute approximate surface area is 162 Å². The fourth-order valence-electron chi connectivity index (χ4n) is 2.27. The molecule has 3 rings (SSSR count). The highest BCUT2D eigenvalue weighted by molar-refractivity contribution is 7.99. The number of hydrogen-bond donors (Lipinski definition) is 1. The topological polar surface area (TPSA) is 112 Å². The highest BCUT2D eigenvalue weighted by Crippen LogP contribution is 2.30. The van der Waals surface area contributed by atoms with Gasteiger partial charge in [-0.3, -0.25) is 14.9 Å². The van der Waals surface area contributed by atoms with Gasteiger partial charge >= 0.3 is 0 Å². The molecule has 0 aliphatic carbocycles. The van der Waals surface area contributed by atoms with E-state index in [9.17, 15) is 14.9 Å². The second-order valence-corrected chi connectivity index (χ2v) is 7.21. The number of amides is 1. The summed E-state index contributed by atoms with van der Waals surface area (Å²) in [5.74, 6) is 0.787. The number of aromatic nitrogens is 3. The van der Waals surface area contributed by atoms with E-state index in [0.29, 0.717) is 10.8 Å². The molecule has 0 bridgehead atoms. The van der Waals surface area contributed by atoms with Crippen LogP contribution in [0.2, 0.25) is 0 Å². The highest BCUT2D eigenvalue weighted by atomic mass is 32.2. The van der Waals surface area contributed by atoms with Crippen molar-refractivity contribution < 1.29 is 14.5 Å². The smallest absolute Gasteiger partial charge is 0.273 e. The fourth-order valence-corrected chi connectivity index (χ4v) is 3.73. The number of nitro groups is 1. The maximum absolute atomic E-state index is 12.2. The zero-order valence-corrected chi connectivity index (χ0v) is 16.0. The first-order valence-electron chi connectivity index (χ1n) is 7.68. The number of anilines is 1. The van der Waals surface area contributed by atoms with E-state index in [4.69, 9.17) is 4.74 Å². The summed E-state index contributed by atoms with van der Waals surface area (Å²) in [6, 6.07) is 7.90. The van der Waals surface area contributed by atoms with E-state index in [0.717, 1.165) is 10.7 Å². The molecular formula is C16H15N5O4S2. The van der Waals surface area contributed by atoms with Crippen molar-refractivity contribution in [1.82, 2.24) is 14.8 Å². The molecule has 2 heterocycles. The summed E-state index contributed by atoms with van der Waals surface area (Å²) in [4.78, 5) is 23.5. The lowest BCUT2D eigenvalue weighted by Crippen LogP contribution is -2.15. The van der Waals surface area contributed by atoms with Gasteiger partial charge in [-0.05, 0) is 17.5 Å². The Morgan fingerprint density at radius 3 is 2.89 bits per heavy atom. The SMILES string of the molecule is COc1cc([N+](=O)[O-])ccc1NC(=O)CSc1nnc(-c2cccs2)n1C. The van der Waals surface area contributed by atoms with Crippen molar-refractivity contribution in [3.8, 4) is 16.5 Å². The first-order chi connectivity index (χ1) is 13.0. The predicted molar refractivity (Wildman–Crippen MR) is 103 cm³/mol. The minimum absolute atomic E-state index is 0.108. The van der Waals surface area contributed by atoms with Crippen molar-refractivity contribution in [1.29, 1.82) is 0 Å². The molecule has 1 aromatic carbocycles. The Bertz CT molecular complexity index is 971. The van der Waals surface area contributed by atoms with E-state index in [1.807, 2.05) is 29.1 Å². The molecule has 3 aromatic rings. The molecule has 0 unspecified atom stereocenters. The molecule has 0 aliphatic rings. The first kappa shape index (κ1) is 18.9. The third-order valence-electron chi connectivity index (χ3n) is 3.58. The monoisotopic (exact) mass is 405 g/mol. The summed E-state index contributed by atoms with van der Waals surface area (Å²) in [5, 5.41) is 24.4. The van der Waals surface area contributed by atoms with Gasteiger partial charge < -0.3 is 14.6 Å². The number of carbonyl (C=O) groups excluding carboxylic acids is 1. The van der Waals surface area contributed by atoms with Gasteiger partial charge in [0, 0.05) is 13.1 Å². The van der Waals surface area contributed by atoms with Crippen LogP contribution in [0.25, 0.3) is 10.7 Å². The molecule has 0 fully saturated rings. The van der Waals surface area contributed by atoms with Crippen molar-refractivity contribution in [3.05, 3.63) is 45.8 Å². The quantitative estimate of drug-likeness (QED) is 0.365. The summed E-state index contributed by atoms with van der Waals surface area (Å²) >= 11 is 2.81. The van der Waals surface area contributed by atoms with Crippen LogP contribution in [0.5, 0.6) is 5.75 Å². The number of nitrogens with zero attached hydrogens (tertiary/aromatic N) is 4. The van der Waals surface area contributed by atoms with Crippen molar-refractivity contribution in [3.63, 3.8) is 0 Å². The Morgan fingerprint density at radius 1 is 1.41 bits per heavy atom. The van der Waals surface area contributed by atoms with Gasteiger partial charge in [0.1, 0.15) is 5.75 Å². The van der Waals surface area contributed by atoms with Crippen LogP contribution in [0.1, 0.15) is 0 Å². The number of thiophene rings is 1. The molecule has 1 amide bonds. The van der Waals surface area contributed by atoms with Gasteiger partial charge in [0.2, 0.25) is 5.91 Å². The van der Waals surface area contributed by atoms with Crippen LogP contribution in [0.15, 0.2) is 40.9 Å². The van der Waals surface area contributed by atoms with Gasteiger partial charge in [-0.1, -0.05) is 17.8 Å². The maximum Gasteiger partial charge on any atom is 0.273 e. The van der Waals surface area contributed by atoms with Crippen LogP contribution in [0, 0.1) is 10.1 Å². The number of carbonyl (C=O) groups is 1. The molecule has 0 aliphatic heterocycles. The van der Waals surface area contributed by atoms with Crippen LogP contribution in [-0.2, 0) is 11.8 Å². The number of nitrogens with one attached hydrogen (secondary N) is 1. The molecule has 0 atom stereocenters. The minimum atomic E-state index is -0.525. The Morgan fingerprint density at radius 2 is 2.22 bits per heavy atom. The Kier molecular flexibility index (Phi) is 5.72. The highest BCUT2D eigenvalue weighted by Gasteiger charge is 2.16. The number of methoxy groups -OCH3 is 1. The Balaban J connectivity index is 1.65. The molecule has 140 valence electrons. The lowest BCUT2D eigenvalue weighted by Gasteiger charge is -2.09. The average molecular weight is 405 g/mol. The lowest BCUT2D eigenvalue weighted by atomic mass is 10.2. The van der Waals surface area contributed by atoms with Crippen molar-refractivity contribution in [2.45, 2.75) is 5.16 Å². The predicted octanol–water partition coefficient (Wildman–Crippen LogP) is 3.19. The molecule has 2 aromatic heterocycles. The van der Waals surface area contributed by atoms with E-state index in [2.05, 4.69) is 15.5 Å². The van der Waals surface area contributed by atoms with E-state index < -0.39 is 4.92 Å². The molecule has 0 saturated heterocycles. The molecule has 0 spiro atoms. The van der Waals surface area contributed by atoms with Crippen LogP contribution < -0.4 is 10.1 Å². The van der Waals surface area contributed by atoms with E-state index in [1.165, 1.54) is 37.1 Å². The normalized spacial score (nSPS) is 10.6. The Hall–Kier alpha value is -2.92. The number of nitro benzene ring substituents is 1. The number of rotatable bonds is 7. The summed E-state index contributed by atoms with van der Waals surface area (Å²) in [5.41, 5.74) is 0.255. The molecule has 11 heteroatoms. The third kappa shape index (κ3) is 4.26. The number of hydrogen-bond acceptors (Lipinski definition) is 8. The molecule has 27 heavy (non-hydrogen) atoms. The number of benzene rings is 1. The van der Waals surface area contributed by atoms with Crippen molar-refractivity contribution in [2.24, 2.45) is 7.05 Å². The zero-order chi connectivity index (χ0) is 19.4. The van der Waals surface area contributed by atoms with Crippen LogP contribution in [-0.4, -0.2) is 38.5 Å².